The van der Waals surface area contributed by atoms with Crippen molar-refractivity contribution in [1.29, 1.82) is 5.41 Å². The van der Waals surface area contributed by atoms with Gasteiger partial charge in [-0.25, -0.2) is 4.98 Å². The first-order valence-corrected chi connectivity index (χ1v) is 8.19. The number of nitrogens with zero attached hydrogens (tertiary/aromatic N) is 1. The summed E-state index contributed by atoms with van der Waals surface area (Å²) in [6, 6.07) is 14.9. The van der Waals surface area contributed by atoms with Crippen LogP contribution in [0.4, 0.5) is 5.69 Å². The van der Waals surface area contributed by atoms with Gasteiger partial charge in [0.15, 0.2) is 0 Å². The number of ether oxygens (including phenoxy) is 1. The molecule has 0 saturated carbocycles. The molecule has 0 amide bonds. The standard InChI is InChI=1S/C20H20N4O2/c1-13(21)18-10-15(23-12-14-5-7-16(26-2)8-6-14)11-19(24-18)17-4-3-9-22-20(17)25/h3-11,21H,12H2,1-2H3,(H,22,25)(H,23,24). The van der Waals surface area contributed by atoms with E-state index in [-0.39, 0.29) is 5.56 Å². The fourth-order valence-corrected chi connectivity index (χ4v) is 2.53. The summed E-state index contributed by atoms with van der Waals surface area (Å²) in [6.45, 7) is 2.28. The Morgan fingerprint density at radius 1 is 1.23 bits per heavy atom. The van der Waals surface area contributed by atoms with Crippen LogP contribution in [0.2, 0.25) is 0 Å². The van der Waals surface area contributed by atoms with Crippen molar-refractivity contribution < 1.29 is 4.74 Å². The van der Waals surface area contributed by atoms with E-state index in [1.54, 1.807) is 32.4 Å². The predicted octanol–water partition coefficient (Wildman–Crippen LogP) is 3.45. The molecule has 6 heteroatoms. The van der Waals surface area contributed by atoms with E-state index in [1.165, 1.54) is 0 Å². The van der Waals surface area contributed by atoms with Crippen molar-refractivity contribution in [3.63, 3.8) is 0 Å². The molecule has 0 bridgehead atoms. The van der Waals surface area contributed by atoms with E-state index in [2.05, 4.69) is 15.3 Å². The topological polar surface area (TPSA) is 90.9 Å². The maximum Gasteiger partial charge on any atom is 0.257 e. The highest BCUT2D eigenvalue weighted by Crippen LogP contribution is 2.20. The molecule has 0 aliphatic carbocycles. The Morgan fingerprint density at radius 3 is 2.65 bits per heavy atom. The lowest BCUT2D eigenvalue weighted by Crippen LogP contribution is -2.10. The third-order valence-electron chi connectivity index (χ3n) is 3.96. The molecule has 26 heavy (non-hydrogen) atoms. The molecule has 0 atom stereocenters. The third-order valence-corrected chi connectivity index (χ3v) is 3.96. The number of benzene rings is 1. The van der Waals surface area contributed by atoms with Crippen LogP contribution in [-0.2, 0) is 6.54 Å². The van der Waals surface area contributed by atoms with E-state index < -0.39 is 0 Å². The number of H-pyrrole nitrogens is 1. The number of aromatic amines is 1. The van der Waals surface area contributed by atoms with Crippen LogP contribution in [0, 0.1) is 5.41 Å². The lowest BCUT2D eigenvalue weighted by molar-refractivity contribution is 0.414. The van der Waals surface area contributed by atoms with Crippen LogP contribution in [0.1, 0.15) is 18.2 Å². The Morgan fingerprint density at radius 2 is 2.00 bits per heavy atom. The highest BCUT2D eigenvalue weighted by molar-refractivity contribution is 5.95. The molecule has 0 aliphatic rings. The first kappa shape index (κ1) is 17.4. The maximum absolute atomic E-state index is 12.1. The molecule has 3 aromatic rings. The Bertz CT molecular complexity index is 978. The summed E-state index contributed by atoms with van der Waals surface area (Å²) < 4.78 is 5.17. The Balaban J connectivity index is 1.89. The normalized spacial score (nSPS) is 10.4. The van der Waals surface area contributed by atoms with Gasteiger partial charge in [-0.05, 0) is 48.9 Å². The van der Waals surface area contributed by atoms with Crippen molar-refractivity contribution in [3.05, 3.63) is 76.3 Å². The van der Waals surface area contributed by atoms with Gasteiger partial charge < -0.3 is 20.4 Å². The zero-order chi connectivity index (χ0) is 18.5. The van der Waals surface area contributed by atoms with E-state index in [0.29, 0.717) is 29.2 Å². The fraction of sp³-hybridized carbons (Fsp3) is 0.150. The number of hydrogen-bond donors (Lipinski definition) is 3. The number of rotatable bonds is 6. The molecule has 2 heterocycles. The summed E-state index contributed by atoms with van der Waals surface area (Å²) in [7, 11) is 1.64. The second kappa shape index (κ2) is 7.65. The van der Waals surface area contributed by atoms with Crippen molar-refractivity contribution in [3.8, 4) is 17.0 Å². The van der Waals surface area contributed by atoms with E-state index in [1.807, 2.05) is 36.4 Å². The van der Waals surface area contributed by atoms with Crippen molar-refractivity contribution in [2.24, 2.45) is 0 Å². The molecule has 2 aromatic heterocycles. The molecule has 3 rings (SSSR count). The average Bonchev–Trinajstić information content (AvgIpc) is 2.67. The summed E-state index contributed by atoms with van der Waals surface area (Å²) in [5.74, 6) is 0.810. The minimum absolute atomic E-state index is 0.208. The third kappa shape index (κ3) is 3.97. The first-order valence-electron chi connectivity index (χ1n) is 8.19. The van der Waals surface area contributed by atoms with Crippen LogP contribution in [0.15, 0.2) is 59.5 Å². The Hall–Kier alpha value is -3.41. The molecule has 132 valence electrons. The molecule has 0 saturated heterocycles. The van der Waals surface area contributed by atoms with Gasteiger partial charge in [0.1, 0.15) is 5.75 Å². The monoisotopic (exact) mass is 348 g/mol. The number of hydrogen-bond acceptors (Lipinski definition) is 5. The molecule has 0 radical (unpaired) electrons. The van der Waals surface area contributed by atoms with E-state index in [9.17, 15) is 4.79 Å². The van der Waals surface area contributed by atoms with Gasteiger partial charge in [0.05, 0.1) is 29.8 Å². The van der Waals surface area contributed by atoms with Gasteiger partial charge >= 0.3 is 0 Å². The second-order valence-electron chi connectivity index (χ2n) is 5.87. The highest BCUT2D eigenvalue weighted by Gasteiger charge is 2.09. The van der Waals surface area contributed by atoms with Gasteiger partial charge in [-0.3, -0.25) is 4.79 Å². The molecular formula is C20H20N4O2. The number of methoxy groups -OCH3 is 1. The van der Waals surface area contributed by atoms with Crippen molar-refractivity contribution in [2.45, 2.75) is 13.5 Å². The van der Waals surface area contributed by atoms with Gasteiger partial charge in [0.2, 0.25) is 0 Å². The SMILES string of the molecule is COc1ccc(CNc2cc(C(C)=N)nc(-c3ccc[nH]c3=O)c2)cc1. The minimum Gasteiger partial charge on any atom is -0.497 e. The zero-order valence-electron chi connectivity index (χ0n) is 14.7. The summed E-state index contributed by atoms with van der Waals surface area (Å²) in [5, 5.41) is 11.2. The van der Waals surface area contributed by atoms with Crippen LogP contribution in [-0.4, -0.2) is 22.8 Å². The molecule has 0 spiro atoms. The van der Waals surface area contributed by atoms with Crippen LogP contribution in [0.5, 0.6) is 5.75 Å². The van der Waals surface area contributed by atoms with Gasteiger partial charge in [-0.2, -0.15) is 0 Å². The van der Waals surface area contributed by atoms with Gasteiger partial charge in [-0.1, -0.05) is 12.1 Å². The smallest absolute Gasteiger partial charge is 0.257 e. The highest BCUT2D eigenvalue weighted by atomic mass is 16.5. The molecule has 0 aliphatic heterocycles. The summed E-state index contributed by atoms with van der Waals surface area (Å²) in [6.07, 6.45) is 1.58. The Kier molecular flexibility index (Phi) is 5.12. The molecule has 0 fully saturated rings. The quantitative estimate of drug-likeness (QED) is 0.595. The number of nitrogens with one attached hydrogen (secondary N) is 3. The summed E-state index contributed by atoms with van der Waals surface area (Å²) in [4.78, 5) is 19.2. The predicted molar refractivity (Wildman–Crippen MR) is 103 cm³/mol. The minimum atomic E-state index is -0.208. The largest absolute Gasteiger partial charge is 0.497 e. The van der Waals surface area contributed by atoms with Gasteiger partial charge in [0.25, 0.3) is 5.56 Å². The molecule has 0 unspecified atom stereocenters. The first-order chi connectivity index (χ1) is 12.6. The van der Waals surface area contributed by atoms with E-state index in [4.69, 9.17) is 10.1 Å². The van der Waals surface area contributed by atoms with Crippen LogP contribution >= 0.6 is 0 Å². The zero-order valence-corrected chi connectivity index (χ0v) is 14.7. The molecule has 1 aromatic carbocycles. The molecule has 3 N–H and O–H groups in total. The van der Waals surface area contributed by atoms with Crippen molar-refractivity contribution in [1.82, 2.24) is 9.97 Å². The summed E-state index contributed by atoms with van der Waals surface area (Å²) in [5.41, 5.74) is 3.57. The van der Waals surface area contributed by atoms with Crippen LogP contribution in [0.25, 0.3) is 11.3 Å². The van der Waals surface area contributed by atoms with Crippen LogP contribution < -0.4 is 15.6 Å². The average molecular weight is 348 g/mol. The van der Waals surface area contributed by atoms with Crippen LogP contribution in [0.3, 0.4) is 0 Å². The maximum atomic E-state index is 12.1. The lowest BCUT2D eigenvalue weighted by Gasteiger charge is -2.11. The number of aromatic nitrogens is 2. The van der Waals surface area contributed by atoms with E-state index >= 15 is 0 Å². The number of anilines is 1. The van der Waals surface area contributed by atoms with E-state index in [0.717, 1.165) is 17.0 Å². The summed E-state index contributed by atoms with van der Waals surface area (Å²) >= 11 is 0. The van der Waals surface area contributed by atoms with Crippen molar-refractivity contribution >= 4 is 11.4 Å². The van der Waals surface area contributed by atoms with Gasteiger partial charge in [-0.15, -0.1) is 0 Å². The van der Waals surface area contributed by atoms with Gasteiger partial charge in [0, 0.05) is 18.4 Å². The lowest BCUT2D eigenvalue weighted by atomic mass is 10.1. The Labute approximate surface area is 151 Å². The van der Waals surface area contributed by atoms with Crippen molar-refractivity contribution in [2.75, 3.05) is 12.4 Å². The second-order valence-corrected chi connectivity index (χ2v) is 5.87. The molecular weight excluding hydrogens is 328 g/mol. The number of pyridine rings is 2. The molecule has 6 nitrogen and oxygen atoms in total. The fourth-order valence-electron chi connectivity index (χ4n) is 2.53.